The van der Waals surface area contributed by atoms with Gasteiger partial charge in [0.25, 0.3) is 6.01 Å². The van der Waals surface area contributed by atoms with Crippen molar-refractivity contribution in [1.29, 1.82) is 0 Å². The van der Waals surface area contributed by atoms with Crippen LogP contribution < -0.4 is 11.2 Å². The molecule has 0 saturated carbocycles. The monoisotopic (exact) mass is 275 g/mol. The first-order chi connectivity index (χ1) is 9.19. The van der Waals surface area contributed by atoms with Crippen LogP contribution in [0.5, 0.6) is 0 Å². The molecule has 0 saturated heterocycles. The maximum Gasteiger partial charge on any atom is 0.292 e. The summed E-state index contributed by atoms with van der Waals surface area (Å²) in [6.45, 7) is 7.59. The van der Waals surface area contributed by atoms with Gasteiger partial charge >= 0.3 is 0 Å². The lowest BCUT2D eigenvalue weighted by molar-refractivity contribution is -0.135. The van der Waals surface area contributed by atoms with Crippen LogP contribution in [0.4, 0.5) is 6.01 Å². The molecule has 1 aromatic heterocycles. The Hall–Kier alpha value is -1.53. The average molecular weight is 275 g/mol. The van der Waals surface area contributed by atoms with Crippen molar-refractivity contribution in [1.82, 2.24) is 4.98 Å². The summed E-state index contributed by atoms with van der Waals surface area (Å²) in [6.07, 6.45) is 0. The summed E-state index contributed by atoms with van der Waals surface area (Å²) >= 11 is 0. The van der Waals surface area contributed by atoms with E-state index in [0.29, 0.717) is 12.1 Å². The fourth-order valence-corrected chi connectivity index (χ4v) is 1.61. The number of rotatable bonds is 5. The van der Waals surface area contributed by atoms with Gasteiger partial charge in [-0.15, -0.1) is 0 Å². The van der Waals surface area contributed by atoms with E-state index in [1.54, 1.807) is 13.8 Å². The molecule has 1 aromatic carbocycles. The summed E-state index contributed by atoms with van der Waals surface area (Å²) in [5.41, 5.74) is 6.32. The Balaban J connectivity index is 1.99. The van der Waals surface area contributed by atoms with E-state index >= 15 is 0 Å². The Morgan fingerprint density at radius 3 is 2.70 bits per heavy atom. The molecule has 0 aliphatic carbocycles. The molecule has 0 atom stereocenters. The molecule has 0 aliphatic heterocycles. The Labute approximate surface area is 119 Å². The first-order valence-corrected chi connectivity index (χ1v) is 6.55. The van der Waals surface area contributed by atoms with E-state index in [1.807, 2.05) is 39.3 Å². The zero-order valence-corrected chi connectivity index (χ0v) is 12.3. The van der Waals surface area contributed by atoms with Crippen LogP contribution in [-0.4, -0.2) is 35.1 Å². The van der Waals surface area contributed by atoms with E-state index in [9.17, 15) is 5.11 Å². The van der Waals surface area contributed by atoms with Gasteiger partial charge in [-0.05, 0) is 39.8 Å². The highest BCUT2D eigenvalue weighted by atomic mass is 16.5. The third-order valence-corrected chi connectivity index (χ3v) is 3.66. The zero-order valence-electron chi connectivity index (χ0n) is 12.3. The molecule has 1 radical (unpaired) electrons. The van der Waals surface area contributed by atoms with E-state index in [-0.39, 0.29) is 6.01 Å². The Kier molecular flexibility index (Phi) is 3.80. The summed E-state index contributed by atoms with van der Waals surface area (Å²) < 4.78 is 11.0. The van der Waals surface area contributed by atoms with E-state index in [1.165, 1.54) is 0 Å². The van der Waals surface area contributed by atoms with E-state index < -0.39 is 11.2 Å². The number of ether oxygens (including phenoxy) is 1. The summed E-state index contributed by atoms with van der Waals surface area (Å²) in [5.74, 6) is 0. The third-order valence-electron chi connectivity index (χ3n) is 3.66. The number of nitrogens with two attached hydrogens (primary N) is 1. The zero-order chi connectivity index (χ0) is 15.0. The molecule has 0 unspecified atom stereocenters. The van der Waals surface area contributed by atoms with E-state index in [4.69, 9.17) is 14.9 Å². The van der Waals surface area contributed by atoms with Crippen molar-refractivity contribution in [2.75, 3.05) is 12.2 Å². The Bertz CT molecular complexity index is 602. The number of oxazole rings is 1. The average Bonchev–Trinajstić information content (AvgIpc) is 2.66. The van der Waals surface area contributed by atoms with Gasteiger partial charge in [0, 0.05) is 6.51 Å². The molecule has 1 heterocycles. The van der Waals surface area contributed by atoms with Crippen molar-refractivity contribution in [2.24, 2.45) is 0 Å². The molecule has 0 spiro atoms. The Morgan fingerprint density at radius 2 is 2.05 bits per heavy atom. The van der Waals surface area contributed by atoms with Crippen LogP contribution in [-0.2, 0) is 4.74 Å². The minimum absolute atomic E-state index is 0.163. The van der Waals surface area contributed by atoms with Crippen LogP contribution in [0.15, 0.2) is 22.6 Å². The van der Waals surface area contributed by atoms with Gasteiger partial charge in [-0.25, -0.2) is 0 Å². The number of anilines is 1. The standard InChI is InChI=1S/C14H20BN2O3/c1-13(2,18)14(3,4)19-8-15-9-5-6-11-10(7-9)17-12(16)20-11/h5-7,18H,8H2,1-4H3,(H2,16,17). The SMILES string of the molecule is CC(C)(O)C(C)(C)OC[B]c1ccc2oc(N)nc2c1. The number of nitrogen functional groups attached to an aromatic ring is 1. The van der Waals surface area contributed by atoms with Crippen molar-refractivity contribution in [3.8, 4) is 0 Å². The summed E-state index contributed by atoms with van der Waals surface area (Å²) in [6, 6.07) is 5.78. The molecule has 5 nitrogen and oxygen atoms in total. The van der Waals surface area contributed by atoms with E-state index in [2.05, 4.69) is 4.98 Å². The van der Waals surface area contributed by atoms with Crippen molar-refractivity contribution in [3.05, 3.63) is 18.2 Å². The van der Waals surface area contributed by atoms with Gasteiger partial charge in [-0.2, -0.15) is 4.98 Å². The number of hydrogen-bond donors (Lipinski definition) is 2. The van der Waals surface area contributed by atoms with Crippen molar-refractivity contribution < 1.29 is 14.3 Å². The van der Waals surface area contributed by atoms with Gasteiger partial charge in [0.05, 0.1) is 11.2 Å². The number of fused-ring (bicyclic) bond motifs is 1. The molecule has 6 heteroatoms. The number of benzene rings is 1. The largest absolute Gasteiger partial charge is 0.424 e. The number of aliphatic hydroxyl groups is 1. The fraction of sp³-hybridized carbons (Fsp3) is 0.500. The van der Waals surface area contributed by atoms with E-state index in [0.717, 1.165) is 11.0 Å². The fourth-order valence-electron chi connectivity index (χ4n) is 1.61. The topological polar surface area (TPSA) is 81.5 Å². The molecule has 3 N–H and O–H groups in total. The van der Waals surface area contributed by atoms with Crippen LogP contribution in [0, 0.1) is 0 Å². The second kappa shape index (κ2) is 5.11. The van der Waals surface area contributed by atoms with Crippen LogP contribution in [0.3, 0.4) is 0 Å². The quantitative estimate of drug-likeness (QED) is 0.803. The van der Waals surface area contributed by atoms with Crippen molar-refractivity contribution in [2.45, 2.75) is 38.9 Å². The summed E-state index contributed by atoms with van der Waals surface area (Å²) in [4.78, 5) is 4.08. The van der Waals surface area contributed by atoms with Gasteiger partial charge in [0.1, 0.15) is 5.52 Å². The number of nitrogens with zero attached hydrogens (tertiary/aromatic N) is 1. The lowest BCUT2D eigenvalue weighted by atomic mass is 9.71. The van der Waals surface area contributed by atoms with Gasteiger partial charge in [0.2, 0.25) is 0 Å². The van der Waals surface area contributed by atoms with Crippen molar-refractivity contribution in [3.63, 3.8) is 0 Å². The highest BCUT2D eigenvalue weighted by Gasteiger charge is 2.35. The summed E-state index contributed by atoms with van der Waals surface area (Å²) in [7, 11) is 1.93. The summed E-state index contributed by atoms with van der Waals surface area (Å²) in [5, 5.41) is 10.0. The lowest BCUT2D eigenvalue weighted by Gasteiger charge is -2.37. The maximum atomic E-state index is 10.0. The maximum absolute atomic E-state index is 10.0. The molecule has 0 bridgehead atoms. The molecule has 107 valence electrons. The molecule has 0 aliphatic rings. The Morgan fingerprint density at radius 1 is 1.35 bits per heavy atom. The highest BCUT2D eigenvalue weighted by molar-refractivity contribution is 6.53. The second-order valence-electron chi connectivity index (χ2n) is 5.86. The third kappa shape index (κ3) is 3.14. The van der Waals surface area contributed by atoms with Crippen LogP contribution in [0.25, 0.3) is 11.1 Å². The predicted octanol–water partition coefficient (Wildman–Crippen LogP) is 1.26. The molecule has 0 amide bonds. The minimum atomic E-state index is -0.911. The molecular weight excluding hydrogens is 255 g/mol. The van der Waals surface area contributed by atoms with Crippen LogP contribution >= 0.6 is 0 Å². The molecule has 20 heavy (non-hydrogen) atoms. The van der Waals surface area contributed by atoms with Gasteiger partial charge in [0.15, 0.2) is 12.9 Å². The minimum Gasteiger partial charge on any atom is -0.424 e. The van der Waals surface area contributed by atoms with Crippen LogP contribution in [0.2, 0.25) is 0 Å². The highest BCUT2D eigenvalue weighted by Crippen LogP contribution is 2.24. The normalized spacial score (nSPS) is 12.8. The number of hydrogen-bond acceptors (Lipinski definition) is 5. The van der Waals surface area contributed by atoms with Gasteiger partial charge < -0.3 is 20.0 Å². The van der Waals surface area contributed by atoms with Crippen molar-refractivity contribution >= 4 is 29.9 Å². The predicted molar refractivity (Wildman–Crippen MR) is 80.1 cm³/mol. The molecule has 2 rings (SSSR count). The van der Waals surface area contributed by atoms with Crippen LogP contribution in [0.1, 0.15) is 27.7 Å². The smallest absolute Gasteiger partial charge is 0.292 e. The van der Waals surface area contributed by atoms with Gasteiger partial charge in [-0.3, -0.25) is 0 Å². The first-order valence-electron chi connectivity index (χ1n) is 6.55. The molecule has 0 fully saturated rings. The second-order valence-corrected chi connectivity index (χ2v) is 5.86. The first kappa shape index (κ1) is 14.9. The number of aromatic nitrogens is 1. The van der Waals surface area contributed by atoms with Gasteiger partial charge in [-0.1, -0.05) is 11.5 Å². The molecule has 2 aromatic rings. The molecular formula is C14H20BN2O3. The lowest BCUT2D eigenvalue weighted by Crippen LogP contribution is -2.48.